The molecule has 6 nitrogen and oxygen atoms in total. The molecule has 0 saturated carbocycles. The van der Waals surface area contributed by atoms with Crippen LogP contribution in [0.25, 0.3) is 0 Å². The van der Waals surface area contributed by atoms with E-state index in [1.54, 1.807) is 31.6 Å². The highest BCUT2D eigenvalue weighted by molar-refractivity contribution is 9.10. The fourth-order valence-electron chi connectivity index (χ4n) is 3.84. The number of halogens is 1. The molecule has 3 aromatic rings. The molecule has 0 radical (unpaired) electrons. The molecule has 2 aliphatic heterocycles. The summed E-state index contributed by atoms with van der Waals surface area (Å²) in [6.45, 7) is 0. The molecule has 2 atom stereocenters. The highest BCUT2D eigenvalue weighted by atomic mass is 79.9. The Bertz CT molecular complexity index is 1100. The Kier molecular flexibility index (Phi) is 4.39. The Morgan fingerprint density at radius 1 is 1.21 bits per heavy atom. The van der Waals surface area contributed by atoms with Gasteiger partial charge in [0.15, 0.2) is 0 Å². The lowest BCUT2D eigenvalue weighted by molar-refractivity contribution is -0.0192. The lowest BCUT2D eigenvalue weighted by atomic mass is 9.95. The van der Waals surface area contributed by atoms with Crippen molar-refractivity contribution < 1.29 is 14.6 Å². The molecule has 1 aromatic heterocycles. The van der Waals surface area contributed by atoms with Gasteiger partial charge in [0.2, 0.25) is 6.23 Å². The predicted molar refractivity (Wildman–Crippen MR) is 112 cm³/mol. The van der Waals surface area contributed by atoms with Crippen LogP contribution in [0.2, 0.25) is 0 Å². The van der Waals surface area contributed by atoms with Crippen LogP contribution in [0.15, 0.2) is 70.5 Å². The fourth-order valence-corrected chi connectivity index (χ4v) is 4.21. The highest BCUT2D eigenvalue weighted by Gasteiger charge is 2.41. The van der Waals surface area contributed by atoms with Crippen LogP contribution in [0.1, 0.15) is 35.4 Å². The molecular formula is C22H18BrN3O3. The maximum atomic E-state index is 10.4. The number of rotatable bonds is 3. The molecule has 0 spiro atoms. The molecule has 0 aliphatic carbocycles. The van der Waals surface area contributed by atoms with Crippen molar-refractivity contribution in [2.75, 3.05) is 7.11 Å². The molecule has 0 amide bonds. The number of aromatic hydroxyl groups is 1. The number of phenols is 1. The molecule has 0 fully saturated rings. The van der Waals surface area contributed by atoms with Crippen molar-refractivity contribution >= 4 is 21.6 Å². The molecule has 7 heteroatoms. The highest BCUT2D eigenvalue weighted by Crippen LogP contribution is 2.48. The van der Waals surface area contributed by atoms with Crippen LogP contribution in [0.4, 0.5) is 0 Å². The van der Waals surface area contributed by atoms with Crippen molar-refractivity contribution in [3.05, 3.63) is 82.1 Å². The first-order chi connectivity index (χ1) is 14.1. The van der Waals surface area contributed by atoms with Crippen molar-refractivity contribution in [2.24, 2.45) is 5.10 Å². The van der Waals surface area contributed by atoms with Crippen LogP contribution in [-0.2, 0) is 0 Å². The lowest BCUT2D eigenvalue weighted by Gasteiger charge is -2.38. The third-order valence-electron chi connectivity index (χ3n) is 5.24. The van der Waals surface area contributed by atoms with E-state index in [9.17, 15) is 5.11 Å². The molecular weight excluding hydrogens is 434 g/mol. The zero-order chi connectivity index (χ0) is 20.0. The van der Waals surface area contributed by atoms with Gasteiger partial charge in [-0.05, 0) is 42.5 Å². The van der Waals surface area contributed by atoms with Gasteiger partial charge in [0.1, 0.15) is 17.2 Å². The van der Waals surface area contributed by atoms with Crippen molar-refractivity contribution in [1.29, 1.82) is 0 Å². The molecule has 0 bridgehead atoms. The quantitative estimate of drug-likeness (QED) is 0.619. The SMILES string of the molecule is COc1ccc(O)c(C2=NN3[C@H](C2)c2cc(Br)ccc2O[C@@H]3c2cccnc2)c1. The average molecular weight is 452 g/mol. The second-order valence-corrected chi connectivity index (χ2v) is 7.88. The molecule has 2 aromatic carbocycles. The van der Waals surface area contributed by atoms with Gasteiger partial charge in [-0.3, -0.25) is 4.98 Å². The maximum Gasteiger partial charge on any atom is 0.215 e. The summed E-state index contributed by atoms with van der Waals surface area (Å²) in [6.07, 6.45) is 3.78. The van der Waals surface area contributed by atoms with Crippen molar-refractivity contribution in [2.45, 2.75) is 18.7 Å². The summed E-state index contributed by atoms with van der Waals surface area (Å²) in [5.74, 6) is 1.68. The van der Waals surface area contributed by atoms with Crippen LogP contribution in [0, 0.1) is 0 Å². The van der Waals surface area contributed by atoms with Crippen molar-refractivity contribution in [3.63, 3.8) is 0 Å². The Hall–Kier alpha value is -3.06. The second kappa shape index (κ2) is 7.08. The van der Waals surface area contributed by atoms with Gasteiger partial charge in [-0.25, -0.2) is 5.01 Å². The molecule has 3 heterocycles. The number of fused-ring (bicyclic) bond motifs is 3. The smallest absolute Gasteiger partial charge is 0.215 e. The Labute approximate surface area is 176 Å². The zero-order valence-corrected chi connectivity index (χ0v) is 17.2. The number of nitrogens with zero attached hydrogens (tertiary/aromatic N) is 3. The zero-order valence-electron chi connectivity index (χ0n) is 15.6. The van der Waals surface area contributed by atoms with Crippen LogP contribution in [0.5, 0.6) is 17.2 Å². The van der Waals surface area contributed by atoms with E-state index in [1.807, 2.05) is 35.3 Å². The monoisotopic (exact) mass is 451 g/mol. The third-order valence-corrected chi connectivity index (χ3v) is 5.73. The van der Waals surface area contributed by atoms with Gasteiger partial charge in [-0.15, -0.1) is 0 Å². The number of methoxy groups -OCH3 is 1. The predicted octanol–water partition coefficient (Wildman–Crippen LogP) is 4.80. The third kappa shape index (κ3) is 3.11. The summed E-state index contributed by atoms with van der Waals surface area (Å²) in [5, 5.41) is 17.3. The lowest BCUT2D eigenvalue weighted by Crippen LogP contribution is -2.33. The van der Waals surface area contributed by atoms with Crippen molar-refractivity contribution in [3.8, 4) is 17.2 Å². The fraction of sp³-hybridized carbons (Fsp3) is 0.182. The molecule has 0 unspecified atom stereocenters. The van der Waals surface area contributed by atoms with Crippen LogP contribution in [-0.4, -0.2) is 27.9 Å². The molecule has 29 heavy (non-hydrogen) atoms. The van der Waals surface area contributed by atoms with Gasteiger partial charge in [0.05, 0.1) is 18.9 Å². The van der Waals surface area contributed by atoms with Crippen LogP contribution in [0.3, 0.4) is 0 Å². The van der Waals surface area contributed by atoms with Gasteiger partial charge < -0.3 is 14.6 Å². The summed E-state index contributed by atoms with van der Waals surface area (Å²) >= 11 is 3.56. The number of benzene rings is 2. The standard InChI is InChI=1S/C22H18BrN3O3/c1-28-15-5-6-20(27)16(10-15)18-11-19-17-9-14(23)4-7-21(17)29-22(26(19)25-18)13-3-2-8-24-12-13/h2-10,12,19,22,27H,11H2,1H3/t19-,22-/m1/s1. The summed E-state index contributed by atoms with van der Waals surface area (Å²) in [5.41, 5.74) is 3.43. The second-order valence-electron chi connectivity index (χ2n) is 6.97. The van der Waals surface area contributed by atoms with Gasteiger partial charge in [-0.1, -0.05) is 22.0 Å². The first-order valence-corrected chi connectivity index (χ1v) is 10.0. The Balaban J connectivity index is 1.62. The number of phenolic OH excluding ortho intramolecular Hbond substituents is 1. The minimum atomic E-state index is -0.396. The van der Waals surface area contributed by atoms with Crippen LogP contribution < -0.4 is 9.47 Å². The van der Waals surface area contributed by atoms with Gasteiger partial charge >= 0.3 is 0 Å². The summed E-state index contributed by atoms with van der Waals surface area (Å²) < 4.78 is 12.6. The normalized spacial score (nSPS) is 19.8. The van der Waals surface area contributed by atoms with Crippen molar-refractivity contribution in [1.82, 2.24) is 9.99 Å². The largest absolute Gasteiger partial charge is 0.507 e. The number of hydrazone groups is 1. The van der Waals surface area contributed by atoms with E-state index in [1.165, 1.54) is 0 Å². The van der Waals surface area contributed by atoms with Gasteiger partial charge in [0.25, 0.3) is 0 Å². The summed E-state index contributed by atoms with van der Waals surface area (Å²) in [4.78, 5) is 4.24. The molecule has 2 aliphatic rings. The average Bonchev–Trinajstić information content (AvgIpc) is 3.20. The van der Waals surface area contributed by atoms with E-state index >= 15 is 0 Å². The van der Waals surface area contributed by atoms with Crippen LogP contribution >= 0.6 is 15.9 Å². The molecule has 5 rings (SSSR count). The number of aromatic nitrogens is 1. The molecule has 1 N–H and O–H groups in total. The minimum Gasteiger partial charge on any atom is -0.507 e. The van der Waals surface area contributed by atoms with E-state index in [-0.39, 0.29) is 11.8 Å². The first-order valence-electron chi connectivity index (χ1n) is 9.23. The minimum absolute atomic E-state index is 0.0120. The number of pyridine rings is 1. The van der Waals surface area contributed by atoms with E-state index in [0.29, 0.717) is 17.7 Å². The Morgan fingerprint density at radius 2 is 2.10 bits per heavy atom. The number of hydrogen-bond acceptors (Lipinski definition) is 6. The summed E-state index contributed by atoms with van der Waals surface area (Å²) in [6, 6.07) is 15.0. The topological polar surface area (TPSA) is 67.2 Å². The van der Waals surface area contributed by atoms with E-state index in [4.69, 9.17) is 14.6 Å². The van der Waals surface area contributed by atoms with Gasteiger partial charge in [-0.2, -0.15) is 5.10 Å². The van der Waals surface area contributed by atoms with E-state index in [0.717, 1.165) is 27.1 Å². The Morgan fingerprint density at radius 3 is 2.90 bits per heavy atom. The molecule has 146 valence electrons. The maximum absolute atomic E-state index is 10.4. The summed E-state index contributed by atoms with van der Waals surface area (Å²) in [7, 11) is 1.61. The van der Waals surface area contributed by atoms with E-state index in [2.05, 4.69) is 27.0 Å². The molecule has 0 saturated heterocycles. The van der Waals surface area contributed by atoms with E-state index < -0.39 is 6.23 Å². The van der Waals surface area contributed by atoms with Gasteiger partial charge in [0, 0.05) is 40.0 Å². The first kappa shape index (κ1) is 18.0. The number of ether oxygens (including phenoxy) is 2. The number of hydrogen-bond donors (Lipinski definition) is 1.